The monoisotopic (exact) mass is 360 g/mol. The molecule has 2 fully saturated rings. The van der Waals surface area contributed by atoms with Crippen molar-refractivity contribution in [1.82, 2.24) is 30.0 Å². The highest BCUT2D eigenvalue weighted by Crippen LogP contribution is 2.32. The number of likely N-dealkylation sites (tertiary alicyclic amines) is 1. The summed E-state index contributed by atoms with van der Waals surface area (Å²) in [7, 11) is 0. The van der Waals surface area contributed by atoms with Crippen molar-refractivity contribution in [2.45, 2.75) is 38.4 Å². The molecule has 2 aromatic rings. The number of nitrogens with zero attached hydrogens (tertiary/aromatic N) is 6. The summed E-state index contributed by atoms with van der Waals surface area (Å²) >= 11 is 0. The highest BCUT2D eigenvalue weighted by atomic mass is 16.5. The number of amides is 1. The van der Waals surface area contributed by atoms with E-state index in [2.05, 4.69) is 20.4 Å². The Kier molecular flexibility index (Phi) is 5.26. The Morgan fingerprint density at radius 3 is 2.96 bits per heavy atom. The van der Waals surface area contributed by atoms with Crippen LogP contribution in [0.3, 0.4) is 0 Å². The summed E-state index contributed by atoms with van der Waals surface area (Å²) in [6.07, 6.45) is 4.00. The molecule has 2 saturated heterocycles. The number of rotatable bonds is 6. The van der Waals surface area contributed by atoms with E-state index in [4.69, 9.17) is 9.15 Å². The molecule has 140 valence electrons. The van der Waals surface area contributed by atoms with Crippen LogP contribution in [0.25, 0.3) is 0 Å². The molecule has 0 bridgehead atoms. The lowest BCUT2D eigenvalue weighted by Gasteiger charge is -2.26. The van der Waals surface area contributed by atoms with E-state index in [1.54, 1.807) is 10.9 Å². The SMILES string of the molecule is O=C(CCn1nnnc1CN1CCOCC1)N1CCC[C@H]1c1ccco1. The third kappa shape index (κ3) is 3.78. The lowest BCUT2D eigenvalue weighted by molar-refractivity contribution is -0.132. The van der Waals surface area contributed by atoms with Gasteiger partial charge in [-0.15, -0.1) is 5.10 Å². The fourth-order valence-electron chi connectivity index (χ4n) is 3.66. The van der Waals surface area contributed by atoms with Gasteiger partial charge >= 0.3 is 0 Å². The highest BCUT2D eigenvalue weighted by molar-refractivity contribution is 5.76. The normalized spacial score (nSPS) is 21.4. The lowest BCUT2D eigenvalue weighted by atomic mass is 10.1. The molecule has 9 nitrogen and oxygen atoms in total. The van der Waals surface area contributed by atoms with Crippen LogP contribution >= 0.6 is 0 Å². The molecule has 0 saturated carbocycles. The average Bonchev–Trinajstić information content (AvgIpc) is 3.41. The van der Waals surface area contributed by atoms with Crippen molar-refractivity contribution >= 4 is 5.91 Å². The minimum atomic E-state index is 0.0548. The molecule has 0 radical (unpaired) electrons. The molecule has 0 spiro atoms. The first kappa shape index (κ1) is 17.2. The summed E-state index contributed by atoms with van der Waals surface area (Å²) in [5.41, 5.74) is 0. The second-order valence-corrected chi connectivity index (χ2v) is 6.72. The van der Waals surface area contributed by atoms with Crippen molar-refractivity contribution in [2.24, 2.45) is 0 Å². The van der Waals surface area contributed by atoms with Crippen molar-refractivity contribution in [3.8, 4) is 0 Å². The van der Waals surface area contributed by atoms with Crippen molar-refractivity contribution in [1.29, 1.82) is 0 Å². The van der Waals surface area contributed by atoms with Crippen LogP contribution in [0, 0.1) is 0 Å². The van der Waals surface area contributed by atoms with Gasteiger partial charge in [-0.2, -0.15) is 0 Å². The quantitative estimate of drug-likeness (QED) is 0.754. The summed E-state index contributed by atoms with van der Waals surface area (Å²) in [5.74, 6) is 1.78. The molecule has 1 amide bonds. The van der Waals surface area contributed by atoms with E-state index in [1.165, 1.54) is 0 Å². The molecular weight excluding hydrogens is 336 g/mol. The smallest absolute Gasteiger partial charge is 0.225 e. The summed E-state index contributed by atoms with van der Waals surface area (Å²) in [5, 5.41) is 12.0. The van der Waals surface area contributed by atoms with E-state index >= 15 is 0 Å². The Balaban J connectivity index is 1.34. The van der Waals surface area contributed by atoms with E-state index in [-0.39, 0.29) is 11.9 Å². The first-order valence-electron chi connectivity index (χ1n) is 9.19. The molecule has 4 rings (SSSR count). The van der Waals surface area contributed by atoms with Crippen LogP contribution in [0.15, 0.2) is 22.8 Å². The fraction of sp³-hybridized carbons (Fsp3) is 0.647. The maximum Gasteiger partial charge on any atom is 0.225 e. The summed E-state index contributed by atoms with van der Waals surface area (Å²) in [6, 6.07) is 3.87. The number of carbonyl (C=O) groups excluding carboxylic acids is 1. The number of tetrazole rings is 1. The molecule has 9 heteroatoms. The maximum absolute atomic E-state index is 12.7. The minimum Gasteiger partial charge on any atom is -0.467 e. The van der Waals surface area contributed by atoms with Crippen LogP contribution < -0.4 is 0 Å². The molecular formula is C17H24N6O3. The standard InChI is InChI=1S/C17H24N6O3/c24-17(22-6-1-3-14(22)15-4-2-10-26-15)5-7-23-16(18-19-20-23)13-21-8-11-25-12-9-21/h2,4,10,14H,1,3,5-9,11-13H2/t14-/m0/s1. The Morgan fingerprint density at radius 1 is 1.27 bits per heavy atom. The molecule has 2 aliphatic heterocycles. The van der Waals surface area contributed by atoms with Gasteiger partial charge in [0.15, 0.2) is 5.82 Å². The molecule has 2 aliphatic rings. The predicted molar refractivity (Wildman–Crippen MR) is 90.9 cm³/mol. The van der Waals surface area contributed by atoms with Gasteiger partial charge in [-0.25, -0.2) is 4.68 Å². The molecule has 2 aromatic heterocycles. The van der Waals surface area contributed by atoms with Crippen LogP contribution in [-0.4, -0.2) is 68.8 Å². The second-order valence-electron chi connectivity index (χ2n) is 6.72. The zero-order valence-electron chi connectivity index (χ0n) is 14.8. The van der Waals surface area contributed by atoms with E-state index in [0.29, 0.717) is 19.5 Å². The van der Waals surface area contributed by atoms with Gasteiger partial charge in [-0.3, -0.25) is 9.69 Å². The van der Waals surface area contributed by atoms with Gasteiger partial charge in [-0.05, 0) is 35.4 Å². The molecule has 4 heterocycles. The van der Waals surface area contributed by atoms with E-state index in [0.717, 1.165) is 57.3 Å². The lowest BCUT2D eigenvalue weighted by Crippen LogP contribution is -2.36. The topological polar surface area (TPSA) is 89.5 Å². The maximum atomic E-state index is 12.7. The number of aromatic nitrogens is 4. The van der Waals surface area contributed by atoms with Crippen molar-refractivity contribution in [3.05, 3.63) is 30.0 Å². The number of aryl methyl sites for hydroxylation is 1. The highest BCUT2D eigenvalue weighted by Gasteiger charge is 2.31. The van der Waals surface area contributed by atoms with E-state index in [1.807, 2.05) is 17.0 Å². The fourth-order valence-corrected chi connectivity index (χ4v) is 3.66. The van der Waals surface area contributed by atoms with Crippen LogP contribution in [0.1, 0.15) is 36.9 Å². The number of carbonyl (C=O) groups is 1. The van der Waals surface area contributed by atoms with Gasteiger partial charge in [0.05, 0.1) is 38.6 Å². The first-order valence-corrected chi connectivity index (χ1v) is 9.19. The summed E-state index contributed by atoms with van der Waals surface area (Å²) in [6.45, 7) is 5.19. The van der Waals surface area contributed by atoms with Gasteiger partial charge in [0.1, 0.15) is 5.76 Å². The third-order valence-electron chi connectivity index (χ3n) is 5.06. The third-order valence-corrected chi connectivity index (χ3v) is 5.06. The predicted octanol–water partition coefficient (Wildman–Crippen LogP) is 0.852. The molecule has 26 heavy (non-hydrogen) atoms. The number of hydrogen-bond acceptors (Lipinski definition) is 7. The minimum absolute atomic E-state index is 0.0548. The van der Waals surface area contributed by atoms with Gasteiger partial charge < -0.3 is 14.1 Å². The van der Waals surface area contributed by atoms with Gasteiger partial charge in [0, 0.05) is 26.1 Å². The number of hydrogen-bond donors (Lipinski definition) is 0. The number of morpholine rings is 1. The van der Waals surface area contributed by atoms with Crippen LogP contribution in [0.5, 0.6) is 0 Å². The Bertz CT molecular complexity index is 710. The molecule has 1 atom stereocenters. The Hall–Kier alpha value is -2.26. The van der Waals surface area contributed by atoms with E-state index in [9.17, 15) is 4.79 Å². The van der Waals surface area contributed by atoms with Gasteiger partial charge in [-0.1, -0.05) is 0 Å². The summed E-state index contributed by atoms with van der Waals surface area (Å²) < 4.78 is 12.6. The van der Waals surface area contributed by atoms with Gasteiger partial charge in [0.2, 0.25) is 5.91 Å². The average molecular weight is 360 g/mol. The zero-order valence-corrected chi connectivity index (χ0v) is 14.8. The zero-order chi connectivity index (χ0) is 17.8. The Morgan fingerprint density at radius 2 is 2.15 bits per heavy atom. The van der Waals surface area contributed by atoms with Crippen LogP contribution in [-0.2, 0) is 22.6 Å². The van der Waals surface area contributed by atoms with Crippen molar-refractivity contribution in [3.63, 3.8) is 0 Å². The largest absolute Gasteiger partial charge is 0.467 e. The van der Waals surface area contributed by atoms with Gasteiger partial charge in [0.25, 0.3) is 0 Å². The second kappa shape index (κ2) is 7.96. The van der Waals surface area contributed by atoms with Crippen LogP contribution in [0.4, 0.5) is 0 Å². The summed E-state index contributed by atoms with van der Waals surface area (Å²) in [4.78, 5) is 16.9. The molecule has 0 unspecified atom stereocenters. The van der Waals surface area contributed by atoms with E-state index < -0.39 is 0 Å². The van der Waals surface area contributed by atoms with Crippen molar-refractivity contribution < 1.29 is 13.9 Å². The molecule has 0 aliphatic carbocycles. The molecule has 0 N–H and O–H groups in total. The number of furan rings is 1. The Labute approximate surface area is 151 Å². The van der Waals surface area contributed by atoms with Crippen molar-refractivity contribution in [2.75, 3.05) is 32.8 Å². The first-order chi connectivity index (χ1) is 12.8. The molecule has 0 aromatic carbocycles. The van der Waals surface area contributed by atoms with Crippen LogP contribution in [0.2, 0.25) is 0 Å². The number of ether oxygens (including phenoxy) is 1.